The normalized spacial score (nSPS) is 14.7. The molecule has 0 amide bonds. The lowest BCUT2D eigenvalue weighted by molar-refractivity contribution is -0.114. The maximum atomic E-state index is 11.9. The highest BCUT2D eigenvalue weighted by molar-refractivity contribution is 5.94. The van der Waals surface area contributed by atoms with Gasteiger partial charge in [0.2, 0.25) is 0 Å². The van der Waals surface area contributed by atoms with E-state index in [1.807, 2.05) is 30.2 Å². The van der Waals surface area contributed by atoms with Crippen LogP contribution in [0.3, 0.4) is 0 Å². The number of allylic oxidation sites excluding steroid dienone is 5. The summed E-state index contributed by atoms with van der Waals surface area (Å²) >= 11 is 0. The largest absolute Gasteiger partial charge is 0.314 e. The first kappa shape index (κ1) is 13.5. The SMILES string of the molecule is C=C1C=CC(C)=CN1C(C(C)=O)=C(CC)CC. The zero-order chi connectivity index (χ0) is 13.0. The quantitative estimate of drug-likeness (QED) is 0.683. The van der Waals surface area contributed by atoms with Crippen LogP contribution in [0, 0.1) is 0 Å². The third-order valence-corrected chi connectivity index (χ3v) is 2.94. The third-order valence-electron chi connectivity index (χ3n) is 2.94. The van der Waals surface area contributed by atoms with Crippen LogP contribution >= 0.6 is 0 Å². The molecule has 1 aliphatic heterocycles. The van der Waals surface area contributed by atoms with E-state index in [2.05, 4.69) is 20.4 Å². The Morgan fingerprint density at radius 1 is 1.29 bits per heavy atom. The van der Waals surface area contributed by atoms with Gasteiger partial charge in [0.1, 0.15) is 0 Å². The fourth-order valence-corrected chi connectivity index (χ4v) is 2.02. The Kier molecular flexibility index (Phi) is 4.50. The Morgan fingerprint density at radius 2 is 1.88 bits per heavy atom. The van der Waals surface area contributed by atoms with Gasteiger partial charge < -0.3 is 4.90 Å². The van der Waals surface area contributed by atoms with Crippen molar-refractivity contribution >= 4 is 5.78 Å². The summed E-state index contributed by atoms with van der Waals surface area (Å²) in [6.07, 6.45) is 7.72. The predicted molar refractivity (Wildman–Crippen MR) is 72.2 cm³/mol. The van der Waals surface area contributed by atoms with Crippen molar-refractivity contribution in [2.24, 2.45) is 0 Å². The Balaban J connectivity index is 3.26. The molecule has 0 fully saturated rings. The molecule has 1 rings (SSSR count). The average Bonchev–Trinajstić information content (AvgIpc) is 2.29. The minimum atomic E-state index is 0.101. The van der Waals surface area contributed by atoms with Gasteiger partial charge in [0, 0.05) is 18.8 Å². The molecule has 0 aromatic heterocycles. The van der Waals surface area contributed by atoms with Crippen LogP contribution < -0.4 is 0 Å². The molecule has 0 spiro atoms. The highest BCUT2D eigenvalue weighted by atomic mass is 16.1. The topological polar surface area (TPSA) is 20.3 Å². The Morgan fingerprint density at radius 3 is 2.35 bits per heavy atom. The van der Waals surface area contributed by atoms with Crippen molar-refractivity contribution in [1.29, 1.82) is 0 Å². The second-order valence-corrected chi connectivity index (χ2v) is 4.28. The molecule has 0 atom stereocenters. The van der Waals surface area contributed by atoms with E-state index in [4.69, 9.17) is 0 Å². The van der Waals surface area contributed by atoms with Crippen LogP contribution in [0.15, 0.2) is 47.5 Å². The zero-order valence-electron chi connectivity index (χ0n) is 11.2. The van der Waals surface area contributed by atoms with E-state index in [0.717, 1.165) is 29.8 Å². The lowest BCUT2D eigenvalue weighted by Gasteiger charge is -2.28. The molecule has 0 saturated heterocycles. The number of carbonyl (C=O) groups excluding carboxylic acids is 1. The van der Waals surface area contributed by atoms with E-state index in [1.54, 1.807) is 6.92 Å². The van der Waals surface area contributed by atoms with Crippen LogP contribution in [0.5, 0.6) is 0 Å². The highest BCUT2D eigenvalue weighted by Gasteiger charge is 2.19. The second kappa shape index (κ2) is 5.67. The van der Waals surface area contributed by atoms with Crippen molar-refractivity contribution < 1.29 is 4.79 Å². The number of carbonyl (C=O) groups is 1. The molecule has 1 aliphatic rings. The Bertz CT molecular complexity index is 418. The summed E-state index contributed by atoms with van der Waals surface area (Å²) < 4.78 is 0. The number of Topliss-reactive ketones (excluding diaryl/α,β-unsaturated/α-hetero) is 1. The highest BCUT2D eigenvalue weighted by Crippen LogP contribution is 2.25. The molecule has 0 N–H and O–H groups in total. The van der Waals surface area contributed by atoms with E-state index in [9.17, 15) is 4.79 Å². The van der Waals surface area contributed by atoms with Crippen LogP contribution in [0.1, 0.15) is 40.5 Å². The van der Waals surface area contributed by atoms with Gasteiger partial charge in [-0.2, -0.15) is 0 Å². The summed E-state index contributed by atoms with van der Waals surface area (Å²) in [5, 5.41) is 0. The van der Waals surface area contributed by atoms with Crippen LogP contribution in [0.25, 0.3) is 0 Å². The summed E-state index contributed by atoms with van der Waals surface area (Å²) in [7, 11) is 0. The number of ketones is 1. The maximum Gasteiger partial charge on any atom is 0.176 e. The molecule has 2 heteroatoms. The smallest absolute Gasteiger partial charge is 0.176 e. The van der Waals surface area contributed by atoms with Crippen molar-refractivity contribution in [2.75, 3.05) is 0 Å². The minimum absolute atomic E-state index is 0.101. The third kappa shape index (κ3) is 2.96. The van der Waals surface area contributed by atoms with E-state index in [-0.39, 0.29) is 5.78 Å². The molecule has 0 saturated carbocycles. The van der Waals surface area contributed by atoms with Gasteiger partial charge in [-0.05, 0) is 37.0 Å². The fraction of sp³-hybridized carbons (Fsp3) is 0.400. The van der Waals surface area contributed by atoms with Crippen molar-refractivity contribution in [3.63, 3.8) is 0 Å². The van der Waals surface area contributed by atoms with Gasteiger partial charge in [-0.1, -0.05) is 26.5 Å². The average molecular weight is 231 g/mol. The van der Waals surface area contributed by atoms with E-state index >= 15 is 0 Å². The van der Waals surface area contributed by atoms with E-state index in [1.165, 1.54) is 5.57 Å². The molecule has 0 aromatic rings. The second-order valence-electron chi connectivity index (χ2n) is 4.28. The van der Waals surface area contributed by atoms with Gasteiger partial charge in [-0.3, -0.25) is 4.79 Å². The first-order valence-corrected chi connectivity index (χ1v) is 6.08. The molecular formula is C15H21NO. The van der Waals surface area contributed by atoms with E-state index < -0.39 is 0 Å². The summed E-state index contributed by atoms with van der Waals surface area (Å²) in [4.78, 5) is 13.8. The number of rotatable bonds is 4. The number of hydrogen-bond acceptors (Lipinski definition) is 2. The molecule has 0 unspecified atom stereocenters. The lowest BCUT2D eigenvalue weighted by Crippen LogP contribution is -2.23. The molecule has 17 heavy (non-hydrogen) atoms. The molecule has 0 aromatic carbocycles. The summed E-state index contributed by atoms with van der Waals surface area (Å²) in [5.74, 6) is 0.101. The van der Waals surface area contributed by atoms with Crippen LogP contribution in [-0.2, 0) is 4.79 Å². The van der Waals surface area contributed by atoms with Gasteiger partial charge in [0.25, 0.3) is 0 Å². The summed E-state index contributed by atoms with van der Waals surface area (Å²) in [6, 6.07) is 0. The minimum Gasteiger partial charge on any atom is -0.314 e. The van der Waals surface area contributed by atoms with Crippen molar-refractivity contribution in [3.8, 4) is 0 Å². The van der Waals surface area contributed by atoms with Gasteiger partial charge in [0.05, 0.1) is 5.70 Å². The van der Waals surface area contributed by atoms with Gasteiger partial charge in [-0.25, -0.2) is 0 Å². The van der Waals surface area contributed by atoms with E-state index in [0.29, 0.717) is 0 Å². The monoisotopic (exact) mass is 231 g/mol. The molecule has 2 nitrogen and oxygen atoms in total. The van der Waals surface area contributed by atoms with Gasteiger partial charge >= 0.3 is 0 Å². The zero-order valence-corrected chi connectivity index (χ0v) is 11.2. The van der Waals surface area contributed by atoms with Crippen molar-refractivity contribution in [2.45, 2.75) is 40.5 Å². The molecule has 0 aliphatic carbocycles. The molecule has 92 valence electrons. The standard InChI is InChI=1S/C15H21NO/c1-6-14(7-2)15(13(5)17)16-10-11(3)8-9-12(16)4/h8-10H,4,6-7H2,1-3,5H3. The predicted octanol–water partition coefficient (Wildman–Crippen LogP) is 3.94. The maximum absolute atomic E-state index is 11.9. The number of nitrogens with zero attached hydrogens (tertiary/aromatic N) is 1. The van der Waals surface area contributed by atoms with Crippen LogP contribution in [0.4, 0.5) is 0 Å². The first-order valence-electron chi connectivity index (χ1n) is 6.08. The lowest BCUT2D eigenvalue weighted by atomic mass is 10.0. The van der Waals surface area contributed by atoms with Crippen molar-refractivity contribution in [3.05, 3.63) is 47.5 Å². The van der Waals surface area contributed by atoms with Crippen LogP contribution in [0.2, 0.25) is 0 Å². The Labute approximate surface area is 104 Å². The number of hydrogen-bond donors (Lipinski definition) is 0. The van der Waals surface area contributed by atoms with Crippen LogP contribution in [-0.4, -0.2) is 10.7 Å². The van der Waals surface area contributed by atoms with Gasteiger partial charge in [0.15, 0.2) is 5.78 Å². The fourth-order valence-electron chi connectivity index (χ4n) is 2.02. The van der Waals surface area contributed by atoms with Crippen molar-refractivity contribution in [1.82, 2.24) is 4.90 Å². The Hall–Kier alpha value is -1.57. The molecule has 0 radical (unpaired) electrons. The molecule has 0 bridgehead atoms. The van der Waals surface area contributed by atoms with Gasteiger partial charge in [-0.15, -0.1) is 0 Å². The first-order chi connectivity index (χ1) is 8.01. The summed E-state index contributed by atoms with van der Waals surface area (Å²) in [5.41, 5.74) is 3.93. The summed E-state index contributed by atoms with van der Waals surface area (Å²) in [6.45, 7) is 11.8. The molecular weight excluding hydrogens is 210 g/mol. The molecule has 1 heterocycles.